The van der Waals surface area contributed by atoms with Gasteiger partial charge in [0, 0.05) is 24.7 Å². The Morgan fingerprint density at radius 1 is 1.50 bits per heavy atom. The van der Waals surface area contributed by atoms with Gasteiger partial charge in [0.2, 0.25) is 0 Å². The molecule has 0 aliphatic heterocycles. The lowest BCUT2D eigenvalue weighted by atomic mass is 10.2. The summed E-state index contributed by atoms with van der Waals surface area (Å²) in [6, 6.07) is 0. The van der Waals surface area contributed by atoms with E-state index in [1.807, 2.05) is 13.1 Å². The second-order valence-corrected chi connectivity index (χ2v) is 5.37. The Morgan fingerprint density at radius 2 is 2.25 bits per heavy atom. The first-order valence-corrected chi connectivity index (χ1v) is 6.29. The molecule has 90 valence electrons. The first kappa shape index (κ1) is 13.0. The van der Waals surface area contributed by atoms with Crippen LogP contribution in [0, 0.1) is 12.8 Å². The summed E-state index contributed by atoms with van der Waals surface area (Å²) < 4.78 is 0. The highest BCUT2D eigenvalue weighted by Gasteiger charge is 2.01. The van der Waals surface area contributed by atoms with Crippen molar-refractivity contribution in [3.63, 3.8) is 0 Å². The summed E-state index contributed by atoms with van der Waals surface area (Å²) in [5.74, 6) is 1.46. The number of thiazole rings is 1. The minimum atomic E-state index is 0.615. The molecule has 0 saturated carbocycles. The van der Waals surface area contributed by atoms with Gasteiger partial charge in [-0.2, -0.15) is 0 Å². The van der Waals surface area contributed by atoms with Gasteiger partial charge in [-0.05, 0) is 12.8 Å². The van der Waals surface area contributed by atoms with Crippen LogP contribution in [0.2, 0.25) is 0 Å². The van der Waals surface area contributed by atoms with Crippen molar-refractivity contribution >= 4 is 17.3 Å². The zero-order valence-corrected chi connectivity index (χ0v) is 11.2. The van der Waals surface area contributed by atoms with E-state index in [4.69, 9.17) is 0 Å². The van der Waals surface area contributed by atoms with Gasteiger partial charge >= 0.3 is 0 Å². The Kier molecular flexibility index (Phi) is 5.25. The second kappa shape index (κ2) is 6.48. The number of hydrogen-bond acceptors (Lipinski definition) is 3. The molecule has 0 unspecified atom stereocenters. The molecule has 1 aromatic rings. The van der Waals surface area contributed by atoms with Gasteiger partial charge in [0.15, 0.2) is 5.96 Å². The van der Waals surface area contributed by atoms with Gasteiger partial charge in [0.1, 0.15) is 0 Å². The zero-order chi connectivity index (χ0) is 12.0. The predicted octanol–water partition coefficient (Wildman–Crippen LogP) is 1.77. The van der Waals surface area contributed by atoms with Gasteiger partial charge in [0.25, 0.3) is 0 Å². The Hall–Kier alpha value is -1.10. The van der Waals surface area contributed by atoms with Crippen molar-refractivity contribution in [2.75, 3.05) is 13.6 Å². The average Bonchev–Trinajstić information content (AvgIpc) is 2.64. The van der Waals surface area contributed by atoms with Crippen LogP contribution in [0.15, 0.2) is 11.2 Å². The molecule has 0 aromatic carbocycles. The van der Waals surface area contributed by atoms with Crippen LogP contribution in [0.5, 0.6) is 0 Å². The van der Waals surface area contributed by atoms with Crippen molar-refractivity contribution < 1.29 is 0 Å². The van der Waals surface area contributed by atoms with Gasteiger partial charge in [-0.25, -0.2) is 4.98 Å². The van der Waals surface area contributed by atoms with E-state index in [-0.39, 0.29) is 0 Å². The molecule has 0 atom stereocenters. The third-order valence-corrected chi connectivity index (χ3v) is 2.91. The minimum Gasteiger partial charge on any atom is -0.356 e. The van der Waals surface area contributed by atoms with Crippen molar-refractivity contribution in [2.45, 2.75) is 27.3 Å². The quantitative estimate of drug-likeness (QED) is 0.623. The van der Waals surface area contributed by atoms with Crippen molar-refractivity contribution in [1.29, 1.82) is 0 Å². The molecule has 4 nitrogen and oxygen atoms in total. The maximum absolute atomic E-state index is 4.21. The van der Waals surface area contributed by atoms with Crippen LogP contribution in [0.4, 0.5) is 0 Å². The highest BCUT2D eigenvalue weighted by molar-refractivity contribution is 7.11. The summed E-state index contributed by atoms with van der Waals surface area (Å²) in [4.78, 5) is 9.60. The van der Waals surface area contributed by atoms with Crippen LogP contribution in [0.25, 0.3) is 0 Å². The van der Waals surface area contributed by atoms with Gasteiger partial charge in [-0.3, -0.25) is 4.99 Å². The molecule has 1 aromatic heterocycles. The van der Waals surface area contributed by atoms with Crippen molar-refractivity contribution in [3.8, 4) is 0 Å². The number of rotatable bonds is 4. The fraction of sp³-hybridized carbons (Fsp3) is 0.636. The highest BCUT2D eigenvalue weighted by atomic mass is 32.1. The van der Waals surface area contributed by atoms with E-state index in [0.717, 1.165) is 24.1 Å². The normalized spacial score (nSPS) is 11.9. The first-order valence-electron chi connectivity index (χ1n) is 5.47. The molecule has 0 bridgehead atoms. The summed E-state index contributed by atoms with van der Waals surface area (Å²) in [5, 5.41) is 7.63. The monoisotopic (exact) mass is 240 g/mol. The van der Waals surface area contributed by atoms with Gasteiger partial charge in [-0.1, -0.05) is 13.8 Å². The van der Waals surface area contributed by atoms with E-state index in [1.165, 1.54) is 4.88 Å². The molecule has 5 heteroatoms. The topological polar surface area (TPSA) is 49.3 Å². The van der Waals surface area contributed by atoms with Crippen LogP contribution < -0.4 is 10.6 Å². The fourth-order valence-corrected chi connectivity index (χ4v) is 1.91. The Labute approximate surface area is 101 Å². The number of aromatic nitrogens is 1. The molecule has 1 heterocycles. The standard InChI is InChI=1S/C11H20N4S/c1-8(2)5-14-11(12-4)15-7-10-6-13-9(3)16-10/h6,8H,5,7H2,1-4H3,(H2,12,14,15). The number of hydrogen-bond donors (Lipinski definition) is 2. The molecule has 2 N–H and O–H groups in total. The minimum absolute atomic E-state index is 0.615. The Morgan fingerprint density at radius 3 is 2.75 bits per heavy atom. The summed E-state index contributed by atoms with van der Waals surface area (Å²) in [7, 11) is 1.79. The molecular formula is C11H20N4S. The molecule has 0 fully saturated rings. The maximum Gasteiger partial charge on any atom is 0.191 e. The molecule has 0 aliphatic rings. The Bertz CT molecular complexity index is 344. The van der Waals surface area contributed by atoms with Crippen molar-refractivity contribution in [2.24, 2.45) is 10.9 Å². The van der Waals surface area contributed by atoms with Crippen molar-refractivity contribution in [3.05, 3.63) is 16.1 Å². The van der Waals surface area contributed by atoms with Crippen LogP contribution >= 0.6 is 11.3 Å². The van der Waals surface area contributed by atoms with Gasteiger partial charge in [0.05, 0.1) is 11.6 Å². The first-order chi connectivity index (χ1) is 7.61. The Balaban J connectivity index is 2.34. The summed E-state index contributed by atoms with van der Waals surface area (Å²) in [6.07, 6.45) is 1.91. The number of nitrogens with zero attached hydrogens (tertiary/aromatic N) is 2. The number of nitrogens with one attached hydrogen (secondary N) is 2. The second-order valence-electron chi connectivity index (χ2n) is 4.05. The lowest BCUT2D eigenvalue weighted by Gasteiger charge is -2.12. The number of aryl methyl sites for hydroxylation is 1. The molecule has 0 radical (unpaired) electrons. The predicted molar refractivity (Wildman–Crippen MR) is 69.9 cm³/mol. The summed E-state index contributed by atoms with van der Waals surface area (Å²) >= 11 is 1.71. The van der Waals surface area contributed by atoms with Crippen molar-refractivity contribution in [1.82, 2.24) is 15.6 Å². The van der Waals surface area contributed by atoms with Crippen LogP contribution in [-0.2, 0) is 6.54 Å². The van der Waals surface area contributed by atoms with E-state index in [9.17, 15) is 0 Å². The molecule has 0 aliphatic carbocycles. The highest BCUT2D eigenvalue weighted by Crippen LogP contribution is 2.10. The SMILES string of the molecule is CN=C(NCc1cnc(C)s1)NCC(C)C. The third kappa shape index (κ3) is 4.61. The largest absolute Gasteiger partial charge is 0.356 e. The van der Waals surface area contributed by atoms with E-state index in [0.29, 0.717) is 5.92 Å². The molecule has 16 heavy (non-hydrogen) atoms. The fourth-order valence-electron chi connectivity index (χ4n) is 1.18. The zero-order valence-electron chi connectivity index (χ0n) is 10.4. The maximum atomic E-state index is 4.21. The van der Waals surface area contributed by atoms with E-state index in [2.05, 4.69) is 34.5 Å². The summed E-state index contributed by atoms with van der Waals surface area (Å²) in [5.41, 5.74) is 0. The van der Waals surface area contributed by atoms with Gasteiger partial charge < -0.3 is 10.6 Å². The van der Waals surface area contributed by atoms with Crippen LogP contribution in [0.3, 0.4) is 0 Å². The molecule has 0 saturated heterocycles. The number of aliphatic imine (C=N–C) groups is 1. The molecular weight excluding hydrogens is 220 g/mol. The molecule has 0 spiro atoms. The van der Waals surface area contributed by atoms with E-state index < -0.39 is 0 Å². The van der Waals surface area contributed by atoms with Crippen LogP contribution in [0.1, 0.15) is 23.7 Å². The van der Waals surface area contributed by atoms with Gasteiger partial charge in [-0.15, -0.1) is 11.3 Å². The smallest absolute Gasteiger partial charge is 0.191 e. The lowest BCUT2D eigenvalue weighted by Crippen LogP contribution is -2.38. The van der Waals surface area contributed by atoms with Crippen LogP contribution in [-0.4, -0.2) is 24.5 Å². The number of guanidine groups is 1. The average molecular weight is 240 g/mol. The molecule has 1 rings (SSSR count). The lowest BCUT2D eigenvalue weighted by molar-refractivity contribution is 0.615. The van der Waals surface area contributed by atoms with E-state index >= 15 is 0 Å². The summed E-state index contributed by atoms with van der Waals surface area (Å²) in [6.45, 7) is 8.07. The molecule has 0 amide bonds. The third-order valence-electron chi connectivity index (χ3n) is 2.00. The van der Waals surface area contributed by atoms with E-state index in [1.54, 1.807) is 18.4 Å².